The number of rotatable bonds is 5. The van der Waals surface area contributed by atoms with Crippen LogP contribution >= 0.6 is 0 Å². The van der Waals surface area contributed by atoms with E-state index >= 15 is 0 Å². The van der Waals surface area contributed by atoms with Gasteiger partial charge in [-0.25, -0.2) is 9.97 Å². The number of hydrogen-bond acceptors (Lipinski definition) is 5. The molecule has 120 valence electrons. The van der Waals surface area contributed by atoms with Gasteiger partial charge in [-0.05, 0) is 38.5 Å². The van der Waals surface area contributed by atoms with Crippen LogP contribution in [0.25, 0.3) is 10.9 Å². The fourth-order valence-electron chi connectivity index (χ4n) is 2.59. The number of aryl methyl sites for hydroxylation is 4. The molecule has 3 aromatic rings. The monoisotopic (exact) mass is 313 g/mol. The maximum absolute atomic E-state index is 12.5. The first-order chi connectivity index (χ1) is 11.1. The topological polar surface area (TPSA) is 74.8 Å². The van der Waals surface area contributed by atoms with E-state index in [4.69, 9.17) is 4.74 Å². The van der Waals surface area contributed by atoms with Gasteiger partial charge in [-0.2, -0.15) is 5.10 Å². The lowest BCUT2D eigenvalue weighted by Gasteiger charge is -2.08. The molecule has 7 heteroatoms. The molecule has 0 aliphatic rings. The van der Waals surface area contributed by atoms with Crippen molar-refractivity contribution in [1.29, 1.82) is 0 Å². The molecule has 0 bridgehead atoms. The quantitative estimate of drug-likeness (QED) is 0.717. The first-order valence-electron chi connectivity index (χ1n) is 7.50. The van der Waals surface area contributed by atoms with Gasteiger partial charge in [-0.15, -0.1) is 0 Å². The standard InChI is InChI=1S/C16H19N5O2/c1-11-18-12(2)21(19-11)8-4-7-20-10-17-15-6-5-13(23-3)9-14(15)16(20)22/h5-6,9-10H,4,7-8H2,1-3H3. The molecule has 0 radical (unpaired) electrons. The Labute approximate surface area is 133 Å². The van der Waals surface area contributed by atoms with Gasteiger partial charge in [-0.3, -0.25) is 14.0 Å². The number of methoxy groups -OCH3 is 1. The van der Waals surface area contributed by atoms with Gasteiger partial charge in [0.2, 0.25) is 0 Å². The van der Waals surface area contributed by atoms with E-state index in [0.29, 0.717) is 23.2 Å². The van der Waals surface area contributed by atoms with E-state index in [1.54, 1.807) is 36.2 Å². The lowest BCUT2D eigenvalue weighted by atomic mass is 10.2. The number of ether oxygens (including phenoxy) is 1. The molecule has 7 nitrogen and oxygen atoms in total. The van der Waals surface area contributed by atoms with Gasteiger partial charge in [0, 0.05) is 13.1 Å². The van der Waals surface area contributed by atoms with Crippen LogP contribution in [0.1, 0.15) is 18.1 Å². The highest BCUT2D eigenvalue weighted by Crippen LogP contribution is 2.15. The highest BCUT2D eigenvalue weighted by molar-refractivity contribution is 5.78. The van der Waals surface area contributed by atoms with E-state index < -0.39 is 0 Å². The molecule has 0 unspecified atom stereocenters. The third-order valence-corrected chi connectivity index (χ3v) is 3.76. The number of nitrogens with zero attached hydrogens (tertiary/aromatic N) is 5. The van der Waals surface area contributed by atoms with Crippen molar-refractivity contribution in [3.8, 4) is 5.75 Å². The van der Waals surface area contributed by atoms with Gasteiger partial charge in [0.1, 0.15) is 17.4 Å². The minimum Gasteiger partial charge on any atom is -0.497 e. The van der Waals surface area contributed by atoms with Gasteiger partial charge in [0.25, 0.3) is 5.56 Å². The Morgan fingerprint density at radius 1 is 1.22 bits per heavy atom. The van der Waals surface area contributed by atoms with Crippen molar-refractivity contribution in [1.82, 2.24) is 24.3 Å². The molecule has 23 heavy (non-hydrogen) atoms. The van der Waals surface area contributed by atoms with Crippen molar-refractivity contribution >= 4 is 10.9 Å². The second kappa shape index (κ2) is 6.20. The molecular formula is C16H19N5O2. The Balaban J connectivity index is 1.79. The van der Waals surface area contributed by atoms with Gasteiger partial charge in [0.15, 0.2) is 0 Å². The van der Waals surface area contributed by atoms with Crippen LogP contribution in [0, 0.1) is 13.8 Å². The molecule has 0 amide bonds. The summed E-state index contributed by atoms with van der Waals surface area (Å²) in [7, 11) is 1.58. The molecule has 0 atom stereocenters. The Morgan fingerprint density at radius 3 is 2.74 bits per heavy atom. The molecule has 2 aromatic heterocycles. The van der Waals surface area contributed by atoms with Crippen molar-refractivity contribution in [2.24, 2.45) is 0 Å². The zero-order chi connectivity index (χ0) is 16.4. The number of hydrogen-bond donors (Lipinski definition) is 0. The summed E-state index contributed by atoms with van der Waals surface area (Å²) < 4.78 is 8.66. The van der Waals surface area contributed by atoms with Crippen molar-refractivity contribution in [2.75, 3.05) is 7.11 Å². The molecule has 0 saturated carbocycles. The number of benzene rings is 1. The fraction of sp³-hybridized carbons (Fsp3) is 0.375. The smallest absolute Gasteiger partial charge is 0.261 e. The molecule has 0 N–H and O–H groups in total. The minimum atomic E-state index is -0.0552. The summed E-state index contributed by atoms with van der Waals surface area (Å²) in [6.45, 7) is 5.09. The molecule has 1 aromatic carbocycles. The summed E-state index contributed by atoms with van der Waals surface area (Å²) in [4.78, 5) is 21.2. The molecule has 0 aliphatic carbocycles. The maximum Gasteiger partial charge on any atom is 0.261 e. The summed E-state index contributed by atoms with van der Waals surface area (Å²) in [5.41, 5.74) is 0.621. The zero-order valence-corrected chi connectivity index (χ0v) is 13.5. The van der Waals surface area contributed by atoms with Crippen LogP contribution in [0.4, 0.5) is 0 Å². The Bertz CT molecular complexity index is 897. The van der Waals surface area contributed by atoms with Crippen LogP contribution in [0.5, 0.6) is 5.75 Å². The van der Waals surface area contributed by atoms with Gasteiger partial charge < -0.3 is 4.74 Å². The van der Waals surface area contributed by atoms with Gasteiger partial charge >= 0.3 is 0 Å². The molecule has 0 spiro atoms. The molecule has 2 heterocycles. The summed E-state index contributed by atoms with van der Waals surface area (Å²) >= 11 is 0. The summed E-state index contributed by atoms with van der Waals surface area (Å²) in [5, 5.41) is 4.89. The number of aromatic nitrogens is 5. The van der Waals surface area contributed by atoms with E-state index in [0.717, 1.165) is 24.6 Å². The predicted molar refractivity (Wildman–Crippen MR) is 86.7 cm³/mol. The largest absolute Gasteiger partial charge is 0.497 e. The average Bonchev–Trinajstić information content (AvgIpc) is 2.87. The SMILES string of the molecule is COc1ccc2ncn(CCCn3nc(C)nc3C)c(=O)c2c1. The third kappa shape index (κ3) is 3.08. The van der Waals surface area contributed by atoms with Crippen molar-refractivity contribution in [3.63, 3.8) is 0 Å². The van der Waals surface area contributed by atoms with E-state index in [1.165, 1.54) is 0 Å². The highest BCUT2D eigenvalue weighted by Gasteiger charge is 2.07. The highest BCUT2D eigenvalue weighted by atomic mass is 16.5. The Hall–Kier alpha value is -2.70. The third-order valence-electron chi connectivity index (χ3n) is 3.76. The van der Waals surface area contributed by atoms with Crippen molar-refractivity contribution in [3.05, 3.63) is 46.5 Å². The maximum atomic E-state index is 12.5. The second-order valence-corrected chi connectivity index (χ2v) is 5.41. The Kier molecular flexibility index (Phi) is 4.10. The van der Waals surface area contributed by atoms with Gasteiger partial charge in [0.05, 0.1) is 24.3 Å². The summed E-state index contributed by atoms with van der Waals surface area (Å²) in [6, 6.07) is 5.32. The van der Waals surface area contributed by atoms with E-state index in [1.807, 2.05) is 18.5 Å². The lowest BCUT2D eigenvalue weighted by molar-refractivity contribution is 0.415. The lowest BCUT2D eigenvalue weighted by Crippen LogP contribution is -2.21. The number of fused-ring (bicyclic) bond motifs is 1. The summed E-state index contributed by atoms with van der Waals surface area (Å²) in [6.07, 6.45) is 2.37. The second-order valence-electron chi connectivity index (χ2n) is 5.41. The Morgan fingerprint density at radius 2 is 2.04 bits per heavy atom. The van der Waals surface area contributed by atoms with Crippen LogP contribution in [-0.2, 0) is 13.1 Å². The molecule has 0 fully saturated rings. The molecule has 3 rings (SSSR count). The van der Waals surface area contributed by atoms with E-state index in [9.17, 15) is 4.79 Å². The van der Waals surface area contributed by atoms with Crippen LogP contribution < -0.4 is 10.3 Å². The van der Waals surface area contributed by atoms with Crippen molar-refractivity contribution < 1.29 is 4.74 Å². The van der Waals surface area contributed by atoms with Gasteiger partial charge in [-0.1, -0.05) is 0 Å². The summed E-state index contributed by atoms with van der Waals surface area (Å²) in [5.74, 6) is 2.30. The first kappa shape index (κ1) is 15.2. The average molecular weight is 313 g/mol. The predicted octanol–water partition coefficient (Wildman–Crippen LogP) is 1.70. The molecule has 0 aliphatic heterocycles. The van der Waals surface area contributed by atoms with E-state index in [2.05, 4.69) is 15.1 Å². The van der Waals surface area contributed by atoms with E-state index in [-0.39, 0.29) is 5.56 Å². The van der Waals surface area contributed by atoms with Crippen LogP contribution in [-0.4, -0.2) is 31.4 Å². The molecular weight excluding hydrogens is 294 g/mol. The van der Waals surface area contributed by atoms with Crippen LogP contribution in [0.15, 0.2) is 29.3 Å². The fourth-order valence-corrected chi connectivity index (χ4v) is 2.59. The normalized spacial score (nSPS) is 11.1. The minimum absolute atomic E-state index is 0.0552. The van der Waals surface area contributed by atoms with Crippen LogP contribution in [0.3, 0.4) is 0 Å². The van der Waals surface area contributed by atoms with Crippen LogP contribution in [0.2, 0.25) is 0 Å². The molecule has 0 saturated heterocycles. The van der Waals surface area contributed by atoms with Crippen molar-refractivity contribution in [2.45, 2.75) is 33.4 Å². The zero-order valence-electron chi connectivity index (χ0n) is 13.5. The first-order valence-corrected chi connectivity index (χ1v) is 7.50.